The number of nitrogens with zero attached hydrogens (tertiary/aromatic N) is 5. The third kappa shape index (κ3) is 4.08. The number of aromatic nitrogens is 2. The number of anilines is 2. The summed E-state index contributed by atoms with van der Waals surface area (Å²) in [6, 6.07) is 9.20. The lowest BCUT2D eigenvalue weighted by Gasteiger charge is -2.35. The minimum atomic E-state index is -0.0919. The molecule has 8 heteroatoms. The van der Waals surface area contributed by atoms with E-state index in [4.69, 9.17) is 4.98 Å². The summed E-state index contributed by atoms with van der Waals surface area (Å²) in [4.78, 5) is 39.7. The summed E-state index contributed by atoms with van der Waals surface area (Å²) in [5.41, 5.74) is 2.42. The first-order chi connectivity index (χ1) is 14.4. The minimum absolute atomic E-state index is 0.0220. The molecule has 2 saturated heterocycles. The Hall–Kier alpha value is -3.16. The molecule has 0 saturated carbocycles. The van der Waals surface area contributed by atoms with Gasteiger partial charge in [0.1, 0.15) is 11.6 Å². The molecule has 158 valence electrons. The zero-order valence-electron chi connectivity index (χ0n) is 17.8. The Labute approximate surface area is 176 Å². The van der Waals surface area contributed by atoms with Gasteiger partial charge < -0.3 is 15.1 Å². The molecular weight excluding hydrogens is 380 g/mol. The van der Waals surface area contributed by atoms with E-state index < -0.39 is 0 Å². The van der Waals surface area contributed by atoms with Crippen LogP contribution in [0.2, 0.25) is 0 Å². The highest BCUT2D eigenvalue weighted by molar-refractivity contribution is 5.97. The normalized spacial score (nSPS) is 16.9. The molecule has 1 aromatic carbocycles. The van der Waals surface area contributed by atoms with Gasteiger partial charge in [0.2, 0.25) is 0 Å². The molecule has 0 bridgehead atoms. The standard InChI is InChI=1S/C22H28N6O2/c1-15(2)20-24-16(3)14-19(25-20)26-10-12-27(13-11-26)21(29)17-4-6-18(7-5-17)28-9-8-23-22(28)30/h4-7,14-15H,8-13H2,1-3H3,(H,23,30). The van der Waals surface area contributed by atoms with Crippen molar-refractivity contribution in [2.24, 2.45) is 0 Å². The molecule has 1 N–H and O–H groups in total. The maximum atomic E-state index is 12.9. The lowest BCUT2D eigenvalue weighted by Crippen LogP contribution is -2.49. The van der Waals surface area contributed by atoms with Crippen LogP contribution in [0.3, 0.4) is 0 Å². The van der Waals surface area contributed by atoms with E-state index >= 15 is 0 Å². The number of nitrogens with one attached hydrogen (secondary N) is 1. The van der Waals surface area contributed by atoms with Gasteiger partial charge in [-0.3, -0.25) is 9.69 Å². The first-order valence-electron chi connectivity index (χ1n) is 10.5. The number of carbonyl (C=O) groups excluding carboxylic acids is 2. The largest absolute Gasteiger partial charge is 0.353 e. The summed E-state index contributed by atoms with van der Waals surface area (Å²) in [5.74, 6) is 2.09. The highest BCUT2D eigenvalue weighted by Gasteiger charge is 2.25. The summed E-state index contributed by atoms with van der Waals surface area (Å²) < 4.78 is 0. The Morgan fingerprint density at radius 2 is 1.73 bits per heavy atom. The topological polar surface area (TPSA) is 81.7 Å². The van der Waals surface area contributed by atoms with Crippen LogP contribution in [0.25, 0.3) is 0 Å². The van der Waals surface area contributed by atoms with E-state index in [0.717, 1.165) is 36.1 Å². The van der Waals surface area contributed by atoms with Gasteiger partial charge in [0.15, 0.2) is 0 Å². The predicted octanol–water partition coefficient (Wildman–Crippen LogP) is 2.40. The number of amides is 3. The van der Waals surface area contributed by atoms with Crippen molar-refractivity contribution in [2.75, 3.05) is 49.1 Å². The maximum absolute atomic E-state index is 12.9. The highest BCUT2D eigenvalue weighted by Crippen LogP contribution is 2.21. The van der Waals surface area contributed by atoms with Crippen LogP contribution in [0, 0.1) is 6.92 Å². The molecule has 0 unspecified atom stereocenters. The van der Waals surface area contributed by atoms with E-state index in [-0.39, 0.29) is 17.9 Å². The lowest BCUT2D eigenvalue weighted by molar-refractivity contribution is 0.0746. The zero-order chi connectivity index (χ0) is 21.3. The van der Waals surface area contributed by atoms with Crippen molar-refractivity contribution in [3.05, 3.63) is 47.4 Å². The average molecular weight is 409 g/mol. The molecule has 3 amide bonds. The second-order valence-corrected chi connectivity index (χ2v) is 8.09. The summed E-state index contributed by atoms with van der Waals surface area (Å²) in [6.45, 7) is 10.3. The molecule has 4 rings (SSSR count). The SMILES string of the molecule is Cc1cc(N2CCN(C(=O)c3ccc(N4CCNC4=O)cc3)CC2)nc(C(C)C)n1. The highest BCUT2D eigenvalue weighted by atomic mass is 16.2. The minimum Gasteiger partial charge on any atom is -0.353 e. The Kier molecular flexibility index (Phi) is 5.57. The van der Waals surface area contributed by atoms with Gasteiger partial charge in [-0.2, -0.15) is 0 Å². The fraction of sp³-hybridized carbons (Fsp3) is 0.455. The zero-order valence-corrected chi connectivity index (χ0v) is 17.8. The Bertz CT molecular complexity index is 935. The molecule has 0 spiro atoms. The molecule has 2 aliphatic rings. The van der Waals surface area contributed by atoms with Gasteiger partial charge in [0.25, 0.3) is 5.91 Å². The second kappa shape index (κ2) is 8.30. The summed E-state index contributed by atoms with van der Waals surface area (Å²) in [7, 11) is 0. The third-order valence-corrected chi connectivity index (χ3v) is 5.55. The van der Waals surface area contributed by atoms with Crippen molar-refractivity contribution in [2.45, 2.75) is 26.7 Å². The molecule has 2 aliphatic heterocycles. The lowest BCUT2D eigenvalue weighted by atomic mass is 10.1. The fourth-order valence-corrected chi connectivity index (χ4v) is 3.82. The number of aryl methyl sites for hydroxylation is 1. The Morgan fingerprint density at radius 1 is 1.03 bits per heavy atom. The van der Waals surface area contributed by atoms with Crippen LogP contribution in [0.5, 0.6) is 0 Å². The number of hydrogen-bond acceptors (Lipinski definition) is 5. The van der Waals surface area contributed by atoms with Crippen molar-refractivity contribution in [1.29, 1.82) is 0 Å². The van der Waals surface area contributed by atoms with Gasteiger partial charge >= 0.3 is 6.03 Å². The van der Waals surface area contributed by atoms with Gasteiger partial charge in [-0.25, -0.2) is 14.8 Å². The van der Waals surface area contributed by atoms with E-state index in [1.165, 1.54) is 0 Å². The first kappa shape index (κ1) is 20.1. The Balaban J connectivity index is 1.39. The average Bonchev–Trinajstić information content (AvgIpc) is 3.19. The van der Waals surface area contributed by atoms with Gasteiger partial charge in [-0.15, -0.1) is 0 Å². The van der Waals surface area contributed by atoms with Crippen molar-refractivity contribution in [3.8, 4) is 0 Å². The van der Waals surface area contributed by atoms with Gasteiger partial charge in [0, 0.05) is 68.2 Å². The van der Waals surface area contributed by atoms with Crippen molar-refractivity contribution in [3.63, 3.8) is 0 Å². The molecule has 1 aromatic heterocycles. The number of rotatable bonds is 4. The van der Waals surface area contributed by atoms with E-state index in [2.05, 4.69) is 29.0 Å². The number of carbonyl (C=O) groups is 2. The molecule has 0 radical (unpaired) electrons. The molecule has 3 heterocycles. The molecular formula is C22H28N6O2. The Morgan fingerprint density at radius 3 is 2.33 bits per heavy atom. The summed E-state index contributed by atoms with van der Waals surface area (Å²) in [6.07, 6.45) is 0. The molecule has 0 atom stereocenters. The summed E-state index contributed by atoms with van der Waals surface area (Å²) >= 11 is 0. The molecule has 2 aromatic rings. The molecule has 30 heavy (non-hydrogen) atoms. The summed E-state index contributed by atoms with van der Waals surface area (Å²) in [5, 5.41) is 2.79. The predicted molar refractivity (Wildman–Crippen MR) is 116 cm³/mol. The van der Waals surface area contributed by atoms with Crippen LogP contribution in [-0.4, -0.2) is 66.1 Å². The number of piperazine rings is 1. The van der Waals surface area contributed by atoms with E-state index in [1.807, 2.05) is 30.0 Å². The van der Waals surface area contributed by atoms with Gasteiger partial charge in [-0.1, -0.05) is 13.8 Å². The first-order valence-corrected chi connectivity index (χ1v) is 10.5. The number of hydrogen-bond donors (Lipinski definition) is 1. The maximum Gasteiger partial charge on any atom is 0.321 e. The monoisotopic (exact) mass is 408 g/mol. The van der Waals surface area contributed by atoms with Crippen LogP contribution in [0.15, 0.2) is 30.3 Å². The quantitative estimate of drug-likeness (QED) is 0.840. The van der Waals surface area contributed by atoms with Crippen LogP contribution in [0.4, 0.5) is 16.3 Å². The molecule has 0 aliphatic carbocycles. The van der Waals surface area contributed by atoms with E-state index in [0.29, 0.717) is 31.7 Å². The third-order valence-electron chi connectivity index (χ3n) is 5.55. The van der Waals surface area contributed by atoms with Crippen LogP contribution < -0.4 is 15.1 Å². The second-order valence-electron chi connectivity index (χ2n) is 8.09. The van der Waals surface area contributed by atoms with E-state index in [1.54, 1.807) is 17.0 Å². The van der Waals surface area contributed by atoms with Crippen molar-refractivity contribution in [1.82, 2.24) is 20.2 Å². The van der Waals surface area contributed by atoms with Crippen LogP contribution >= 0.6 is 0 Å². The number of benzene rings is 1. The number of urea groups is 1. The van der Waals surface area contributed by atoms with Crippen LogP contribution in [-0.2, 0) is 0 Å². The molecule has 2 fully saturated rings. The van der Waals surface area contributed by atoms with Gasteiger partial charge in [0.05, 0.1) is 0 Å². The molecule has 8 nitrogen and oxygen atoms in total. The van der Waals surface area contributed by atoms with Gasteiger partial charge in [-0.05, 0) is 31.2 Å². The van der Waals surface area contributed by atoms with E-state index in [9.17, 15) is 9.59 Å². The van der Waals surface area contributed by atoms with Crippen molar-refractivity contribution >= 4 is 23.4 Å². The van der Waals surface area contributed by atoms with Crippen LogP contribution in [0.1, 0.15) is 41.6 Å². The smallest absolute Gasteiger partial charge is 0.321 e. The van der Waals surface area contributed by atoms with Crippen molar-refractivity contribution < 1.29 is 9.59 Å². The fourth-order valence-electron chi connectivity index (χ4n) is 3.82.